The lowest BCUT2D eigenvalue weighted by molar-refractivity contribution is 0.216. The summed E-state index contributed by atoms with van der Waals surface area (Å²) in [5.41, 5.74) is -0.0602. The Kier molecular flexibility index (Phi) is 7.28. The van der Waals surface area contributed by atoms with Crippen LogP contribution in [0.3, 0.4) is 0 Å². The number of methoxy groups -OCH3 is 1. The van der Waals surface area contributed by atoms with Crippen LogP contribution in [-0.2, 0) is 14.6 Å². The molecule has 0 spiro atoms. The van der Waals surface area contributed by atoms with Gasteiger partial charge in [-0.15, -0.1) is 0 Å². The smallest absolute Gasteiger partial charge is 0.154 e. The minimum Gasteiger partial charge on any atom is -0.384 e. The molecular formula is C12H27NO3S. The molecule has 104 valence electrons. The SMILES string of the molecule is CCCNC(CS(=O)(=O)CCOC)C(C)(C)C. The van der Waals surface area contributed by atoms with E-state index in [9.17, 15) is 8.42 Å². The van der Waals surface area contributed by atoms with Crippen LogP contribution in [0, 0.1) is 5.41 Å². The third kappa shape index (κ3) is 7.73. The van der Waals surface area contributed by atoms with Crippen LogP contribution >= 0.6 is 0 Å². The Labute approximate surface area is 106 Å². The lowest BCUT2D eigenvalue weighted by Gasteiger charge is -2.31. The van der Waals surface area contributed by atoms with Gasteiger partial charge in [0.05, 0.1) is 18.1 Å². The molecule has 0 saturated heterocycles. The third-order valence-corrected chi connectivity index (χ3v) is 4.34. The molecule has 0 radical (unpaired) electrons. The van der Waals surface area contributed by atoms with Crippen molar-refractivity contribution in [2.24, 2.45) is 5.41 Å². The molecule has 1 atom stereocenters. The highest BCUT2D eigenvalue weighted by Gasteiger charge is 2.28. The number of hydrogen-bond acceptors (Lipinski definition) is 4. The quantitative estimate of drug-likeness (QED) is 0.722. The Morgan fingerprint density at radius 3 is 2.29 bits per heavy atom. The summed E-state index contributed by atoms with van der Waals surface area (Å²) in [5.74, 6) is 0.281. The zero-order valence-electron chi connectivity index (χ0n) is 11.7. The fourth-order valence-corrected chi connectivity index (χ4v) is 3.19. The van der Waals surface area contributed by atoms with Crippen LogP contribution in [0.5, 0.6) is 0 Å². The monoisotopic (exact) mass is 265 g/mol. The molecule has 0 amide bonds. The van der Waals surface area contributed by atoms with Crippen molar-refractivity contribution < 1.29 is 13.2 Å². The minimum absolute atomic E-state index is 0.00990. The second kappa shape index (κ2) is 7.34. The summed E-state index contributed by atoms with van der Waals surface area (Å²) in [7, 11) is -1.52. The lowest BCUT2D eigenvalue weighted by Crippen LogP contribution is -2.46. The Balaban J connectivity index is 4.52. The van der Waals surface area contributed by atoms with Crippen LogP contribution in [0.1, 0.15) is 34.1 Å². The molecule has 1 N–H and O–H groups in total. The molecule has 0 saturated carbocycles. The molecule has 0 fully saturated rings. The Bertz CT molecular complexity index is 293. The van der Waals surface area contributed by atoms with E-state index in [1.165, 1.54) is 7.11 Å². The second-order valence-corrected chi connectivity index (χ2v) is 7.71. The van der Waals surface area contributed by atoms with Crippen molar-refractivity contribution in [3.63, 3.8) is 0 Å². The van der Waals surface area contributed by atoms with Crippen molar-refractivity contribution in [1.82, 2.24) is 5.32 Å². The van der Waals surface area contributed by atoms with E-state index in [1.54, 1.807) is 0 Å². The van der Waals surface area contributed by atoms with E-state index >= 15 is 0 Å². The van der Waals surface area contributed by atoms with E-state index in [0.29, 0.717) is 0 Å². The van der Waals surface area contributed by atoms with E-state index in [1.807, 2.05) is 0 Å². The molecule has 0 aliphatic rings. The Morgan fingerprint density at radius 1 is 1.29 bits per heavy atom. The zero-order chi connectivity index (χ0) is 13.5. The average Bonchev–Trinajstić information content (AvgIpc) is 2.20. The van der Waals surface area contributed by atoms with Crippen LogP contribution in [0.15, 0.2) is 0 Å². The highest BCUT2D eigenvalue weighted by molar-refractivity contribution is 7.91. The molecule has 0 bridgehead atoms. The number of ether oxygens (including phenoxy) is 1. The topological polar surface area (TPSA) is 55.4 Å². The fourth-order valence-electron chi connectivity index (χ4n) is 1.48. The first-order valence-electron chi connectivity index (χ1n) is 6.15. The van der Waals surface area contributed by atoms with Crippen molar-refractivity contribution in [3.8, 4) is 0 Å². The van der Waals surface area contributed by atoms with Gasteiger partial charge < -0.3 is 10.1 Å². The van der Waals surface area contributed by atoms with Crippen molar-refractivity contribution in [2.75, 3.05) is 31.8 Å². The van der Waals surface area contributed by atoms with E-state index in [2.05, 4.69) is 33.0 Å². The van der Waals surface area contributed by atoms with Gasteiger partial charge in [0.1, 0.15) is 0 Å². The number of hydrogen-bond donors (Lipinski definition) is 1. The molecule has 0 aromatic rings. The molecule has 0 aliphatic carbocycles. The van der Waals surface area contributed by atoms with Gasteiger partial charge in [-0.05, 0) is 18.4 Å². The van der Waals surface area contributed by atoms with E-state index in [4.69, 9.17) is 4.74 Å². The van der Waals surface area contributed by atoms with Gasteiger partial charge in [-0.3, -0.25) is 0 Å². The molecule has 5 heteroatoms. The van der Waals surface area contributed by atoms with Gasteiger partial charge in [-0.2, -0.15) is 0 Å². The Morgan fingerprint density at radius 2 is 1.88 bits per heavy atom. The first-order valence-corrected chi connectivity index (χ1v) is 7.98. The van der Waals surface area contributed by atoms with Gasteiger partial charge >= 0.3 is 0 Å². The summed E-state index contributed by atoms with van der Waals surface area (Å²) < 4.78 is 28.6. The van der Waals surface area contributed by atoms with Gasteiger partial charge in [-0.25, -0.2) is 8.42 Å². The van der Waals surface area contributed by atoms with Gasteiger partial charge in [-0.1, -0.05) is 27.7 Å². The van der Waals surface area contributed by atoms with Crippen LogP contribution in [0.25, 0.3) is 0 Å². The average molecular weight is 265 g/mol. The van der Waals surface area contributed by atoms with Crippen LogP contribution < -0.4 is 5.32 Å². The molecule has 17 heavy (non-hydrogen) atoms. The van der Waals surface area contributed by atoms with Crippen LogP contribution in [0.4, 0.5) is 0 Å². The van der Waals surface area contributed by atoms with Crippen LogP contribution in [-0.4, -0.2) is 46.2 Å². The standard InChI is InChI=1S/C12H27NO3S/c1-6-7-13-11(12(2,3)4)10-17(14,15)9-8-16-5/h11,13H,6-10H2,1-5H3. The molecule has 0 aromatic heterocycles. The second-order valence-electron chi connectivity index (χ2n) is 5.48. The first-order chi connectivity index (χ1) is 7.73. The highest BCUT2D eigenvalue weighted by Crippen LogP contribution is 2.20. The zero-order valence-corrected chi connectivity index (χ0v) is 12.6. The van der Waals surface area contributed by atoms with Crippen LogP contribution in [0.2, 0.25) is 0 Å². The molecule has 0 aromatic carbocycles. The maximum atomic E-state index is 11.9. The first kappa shape index (κ1) is 16.9. The summed E-state index contributed by atoms with van der Waals surface area (Å²) in [6, 6.07) is -0.00990. The Hall–Kier alpha value is -0.130. The summed E-state index contributed by atoms with van der Waals surface area (Å²) in [5, 5.41) is 3.32. The van der Waals surface area contributed by atoms with Crippen molar-refractivity contribution >= 4 is 9.84 Å². The fraction of sp³-hybridized carbons (Fsp3) is 1.00. The summed E-state index contributed by atoms with van der Waals surface area (Å²) >= 11 is 0. The van der Waals surface area contributed by atoms with Gasteiger partial charge in [0.25, 0.3) is 0 Å². The normalized spacial score (nSPS) is 14.9. The molecule has 0 aliphatic heterocycles. The van der Waals surface area contributed by atoms with Gasteiger partial charge in [0.15, 0.2) is 9.84 Å². The summed E-state index contributed by atoms with van der Waals surface area (Å²) in [6.45, 7) is 9.38. The largest absolute Gasteiger partial charge is 0.384 e. The predicted octanol–water partition coefficient (Wildman–Crippen LogP) is 1.46. The summed E-state index contributed by atoms with van der Waals surface area (Å²) in [6.07, 6.45) is 1.00. The highest BCUT2D eigenvalue weighted by atomic mass is 32.2. The minimum atomic E-state index is -3.04. The van der Waals surface area contributed by atoms with Crippen molar-refractivity contribution in [3.05, 3.63) is 0 Å². The molecule has 0 rings (SSSR count). The van der Waals surface area contributed by atoms with Crippen molar-refractivity contribution in [1.29, 1.82) is 0 Å². The third-order valence-electron chi connectivity index (χ3n) is 2.71. The number of nitrogens with one attached hydrogen (secondary N) is 1. The summed E-state index contributed by atoms with van der Waals surface area (Å²) in [4.78, 5) is 0. The lowest BCUT2D eigenvalue weighted by atomic mass is 9.88. The molecule has 4 nitrogen and oxygen atoms in total. The van der Waals surface area contributed by atoms with E-state index in [0.717, 1.165) is 13.0 Å². The number of sulfone groups is 1. The molecular weight excluding hydrogens is 238 g/mol. The van der Waals surface area contributed by atoms with E-state index < -0.39 is 9.84 Å². The van der Waals surface area contributed by atoms with E-state index in [-0.39, 0.29) is 29.6 Å². The predicted molar refractivity (Wildman–Crippen MR) is 72.1 cm³/mol. The van der Waals surface area contributed by atoms with Gasteiger partial charge in [0, 0.05) is 13.2 Å². The maximum Gasteiger partial charge on any atom is 0.154 e. The molecule has 0 heterocycles. The van der Waals surface area contributed by atoms with Crippen molar-refractivity contribution in [2.45, 2.75) is 40.2 Å². The molecule has 1 unspecified atom stereocenters. The maximum absolute atomic E-state index is 11.9. The van der Waals surface area contributed by atoms with Gasteiger partial charge in [0.2, 0.25) is 0 Å². The number of rotatable bonds is 8.